The molecule has 0 saturated heterocycles. The van der Waals surface area contributed by atoms with E-state index in [1.807, 2.05) is 6.92 Å². The zero-order chi connectivity index (χ0) is 14.0. The maximum Gasteiger partial charge on any atom is 0.242 e. The molecule has 1 aromatic heterocycles. The Balaban J connectivity index is 2.35. The molecule has 0 spiro atoms. The minimum absolute atomic E-state index is 0.107. The van der Waals surface area contributed by atoms with Gasteiger partial charge < -0.3 is 10.6 Å². The standard InChI is InChI=1S/C11H12Cl2N4OS/c1-3-14-11(18)5(2)15-8-6(12)4-7(13)9-10(8)17-19-16-9/h4-5,15H,3H2,1-2H3,(H,14,18). The van der Waals surface area contributed by atoms with Gasteiger partial charge in [-0.15, -0.1) is 0 Å². The third-order valence-electron chi connectivity index (χ3n) is 2.55. The fraction of sp³-hybridized carbons (Fsp3) is 0.364. The molecule has 1 atom stereocenters. The second-order valence-corrected chi connectivity index (χ2v) is 5.28. The summed E-state index contributed by atoms with van der Waals surface area (Å²) in [6, 6.07) is 1.17. The topological polar surface area (TPSA) is 66.9 Å². The first kappa shape index (κ1) is 14.3. The quantitative estimate of drug-likeness (QED) is 0.909. The highest BCUT2D eigenvalue weighted by atomic mass is 35.5. The number of aromatic nitrogens is 2. The molecule has 2 aromatic rings. The second-order valence-electron chi connectivity index (χ2n) is 3.94. The van der Waals surface area contributed by atoms with Gasteiger partial charge >= 0.3 is 0 Å². The molecule has 0 saturated carbocycles. The maximum atomic E-state index is 11.7. The predicted molar refractivity (Wildman–Crippen MR) is 79.2 cm³/mol. The summed E-state index contributed by atoms with van der Waals surface area (Å²) >= 11 is 13.2. The van der Waals surface area contributed by atoms with E-state index in [1.165, 1.54) is 0 Å². The van der Waals surface area contributed by atoms with Crippen molar-refractivity contribution in [3.05, 3.63) is 16.1 Å². The summed E-state index contributed by atoms with van der Waals surface area (Å²) in [6.07, 6.45) is 0. The van der Waals surface area contributed by atoms with Crippen molar-refractivity contribution < 1.29 is 4.79 Å². The molecule has 2 rings (SSSR count). The highest BCUT2D eigenvalue weighted by Gasteiger charge is 2.18. The lowest BCUT2D eigenvalue weighted by Crippen LogP contribution is -2.37. The van der Waals surface area contributed by atoms with E-state index in [0.29, 0.717) is 33.3 Å². The number of hydrogen-bond acceptors (Lipinski definition) is 5. The molecule has 0 aliphatic heterocycles. The number of benzene rings is 1. The number of nitrogens with one attached hydrogen (secondary N) is 2. The zero-order valence-corrected chi connectivity index (χ0v) is 12.7. The fourth-order valence-corrected chi connectivity index (χ4v) is 2.79. The Hall–Kier alpha value is -1.11. The molecule has 2 N–H and O–H groups in total. The van der Waals surface area contributed by atoms with Crippen molar-refractivity contribution in [2.45, 2.75) is 19.9 Å². The van der Waals surface area contributed by atoms with E-state index in [1.54, 1.807) is 13.0 Å². The molecular formula is C11H12Cl2N4OS. The van der Waals surface area contributed by atoms with Crippen LogP contribution in [0.15, 0.2) is 6.07 Å². The molecule has 1 aromatic carbocycles. The van der Waals surface area contributed by atoms with Crippen LogP contribution in [-0.4, -0.2) is 27.2 Å². The molecule has 0 fully saturated rings. The normalized spacial score (nSPS) is 12.4. The average Bonchev–Trinajstić information content (AvgIpc) is 2.84. The number of fused-ring (bicyclic) bond motifs is 1. The number of amides is 1. The fourth-order valence-electron chi connectivity index (χ4n) is 1.62. The van der Waals surface area contributed by atoms with Crippen molar-refractivity contribution >= 4 is 57.6 Å². The van der Waals surface area contributed by atoms with Gasteiger partial charge in [-0.2, -0.15) is 8.75 Å². The Morgan fingerprint density at radius 3 is 2.74 bits per heavy atom. The first-order chi connectivity index (χ1) is 9.04. The van der Waals surface area contributed by atoms with Gasteiger partial charge in [0, 0.05) is 6.54 Å². The molecule has 1 heterocycles. The van der Waals surface area contributed by atoms with Gasteiger partial charge in [-0.1, -0.05) is 23.2 Å². The van der Waals surface area contributed by atoms with Crippen LogP contribution < -0.4 is 10.6 Å². The van der Waals surface area contributed by atoms with Gasteiger partial charge in [-0.05, 0) is 19.9 Å². The summed E-state index contributed by atoms with van der Waals surface area (Å²) in [5.41, 5.74) is 1.74. The average molecular weight is 319 g/mol. The molecular weight excluding hydrogens is 307 g/mol. The number of rotatable bonds is 4. The van der Waals surface area contributed by atoms with Gasteiger partial charge in [0.25, 0.3) is 0 Å². The molecule has 0 radical (unpaired) electrons. The lowest BCUT2D eigenvalue weighted by Gasteiger charge is -2.16. The summed E-state index contributed by atoms with van der Waals surface area (Å²) in [5.74, 6) is -0.107. The van der Waals surface area contributed by atoms with Crippen molar-refractivity contribution in [1.29, 1.82) is 0 Å². The molecule has 102 valence electrons. The van der Waals surface area contributed by atoms with Gasteiger partial charge in [0.1, 0.15) is 17.1 Å². The number of halogens is 2. The van der Waals surface area contributed by atoms with Crippen molar-refractivity contribution in [1.82, 2.24) is 14.1 Å². The minimum Gasteiger partial charge on any atom is -0.371 e. The van der Waals surface area contributed by atoms with Crippen LogP contribution in [0.25, 0.3) is 11.0 Å². The van der Waals surface area contributed by atoms with Gasteiger partial charge in [-0.25, -0.2) is 0 Å². The van der Waals surface area contributed by atoms with Crippen LogP contribution in [-0.2, 0) is 4.79 Å². The molecule has 1 unspecified atom stereocenters. The maximum absolute atomic E-state index is 11.7. The SMILES string of the molecule is CCNC(=O)C(C)Nc1c(Cl)cc(Cl)c2nsnc12. The van der Waals surface area contributed by atoms with Gasteiger partial charge in [0.2, 0.25) is 5.91 Å². The van der Waals surface area contributed by atoms with Crippen molar-refractivity contribution in [3.63, 3.8) is 0 Å². The Labute approximate surface area is 124 Å². The Kier molecular flexibility index (Phi) is 4.44. The second kappa shape index (κ2) is 5.90. The van der Waals surface area contributed by atoms with Crippen molar-refractivity contribution in [2.75, 3.05) is 11.9 Å². The minimum atomic E-state index is -0.427. The molecule has 5 nitrogen and oxygen atoms in total. The summed E-state index contributed by atoms with van der Waals surface area (Å²) < 4.78 is 8.27. The third-order valence-corrected chi connectivity index (χ3v) is 3.66. The van der Waals surface area contributed by atoms with Crippen LogP contribution in [0.5, 0.6) is 0 Å². The Morgan fingerprint density at radius 2 is 2.05 bits per heavy atom. The van der Waals surface area contributed by atoms with Crippen LogP contribution in [0.2, 0.25) is 10.0 Å². The van der Waals surface area contributed by atoms with E-state index in [2.05, 4.69) is 19.4 Å². The number of carbonyl (C=O) groups is 1. The summed E-state index contributed by atoms with van der Waals surface area (Å²) in [5, 5.41) is 6.65. The lowest BCUT2D eigenvalue weighted by molar-refractivity contribution is -0.121. The van der Waals surface area contributed by atoms with Crippen LogP contribution in [0.4, 0.5) is 5.69 Å². The number of hydrogen-bond donors (Lipinski definition) is 2. The van der Waals surface area contributed by atoms with Crippen LogP contribution in [0.3, 0.4) is 0 Å². The number of nitrogens with zero attached hydrogens (tertiary/aromatic N) is 2. The molecule has 8 heteroatoms. The van der Waals surface area contributed by atoms with E-state index < -0.39 is 6.04 Å². The van der Waals surface area contributed by atoms with E-state index in [-0.39, 0.29) is 5.91 Å². The molecule has 0 aliphatic rings. The smallest absolute Gasteiger partial charge is 0.242 e. The molecule has 0 aliphatic carbocycles. The lowest BCUT2D eigenvalue weighted by atomic mass is 10.2. The Morgan fingerprint density at radius 1 is 1.37 bits per heavy atom. The highest BCUT2D eigenvalue weighted by Crippen LogP contribution is 2.35. The van der Waals surface area contributed by atoms with E-state index >= 15 is 0 Å². The summed E-state index contributed by atoms with van der Waals surface area (Å²) in [4.78, 5) is 11.7. The summed E-state index contributed by atoms with van der Waals surface area (Å²) in [7, 11) is 0. The largest absolute Gasteiger partial charge is 0.371 e. The summed E-state index contributed by atoms with van der Waals surface area (Å²) in [6.45, 7) is 4.19. The molecule has 1 amide bonds. The van der Waals surface area contributed by atoms with E-state index in [0.717, 1.165) is 11.7 Å². The molecule has 0 bridgehead atoms. The van der Waals surface area contributed by atoms with Crippen molar-refractivity contribution in [3.8, 4) is 0 Å². The Bertz CT molecular complexity index is 616. The monoisotopic (exact) mass is 318 g/mol. The van der Waals surface area contributed by atoms with Crippen molar-refractivity contribution in [2.24, 2.45) is 0 Å². The van der Waals surface area contributed by atoms with Gasteiger partial charge in [0.15, 0.2) is 0 Å². The first-order valence-electron chi connectivity index (χ1n) is 5.69. The van der Waals surface area contributed by atoms with Crippen LogP contribution >= 0.6 is 34.9 Å². The van der Waals surface area contributed by atoms with Gasteiger partial charge in [0.05, 0.1) is 27.5 Å². The molecule has 19 heavy (non-hydrogen) atoms. The highest BCUT2D eigenvalue weighted by molar-refractivity contribution is 7.00. The number of anilines is 1. The van der Waals surface area contributed by atoms with Gasteiger partial charge in [-0.3, -0.25) is 4.79 Å². The zero-order valence-electron chi connectivity index (χ0n) is 10.3. The van der Waals surface area contributed by atoms with Crippen LogP contribution in [0, 0.1) is 0 Å². The van der Waals surface area contributed by atoms with E-state index in [9.17, 15) is 4.79 Å². The first-order valence-corrected chi connectivity index (χ1v) is 7.17. The van der Waals surface area contributed by atoms with E-state index in [4.69, 9.17) is 23.2 Å². The van der Waals surface area contributed by atoms with Crippen LogP contribution in [0.1, 0.15) is 13.8 Å². The number of likely N-dealkylation sites (N-methyl/N-ethyl adjacent to an activating group) is 1. The predicted octanol–water partition coefficient (Wildman–Crippen LogP) is 2.93. The number of carbonyl (C=O) groups excluding carboxylic acids is 1. The third kappa shape index (κ3) is 2.91.